The van der Waals surface area contributed by atoms with E-state index < -0.39 is 5.91 Å². The molecule has 0 saturated heterocycles. The van der Waals surface area contributed by atoms with Gasteiger partial charge in [-0.2, -0.15) is 0 Å². The Hall–Kier alpha value is -3.19. The van der Waals surface area contributed by atoms with Crippen LogP contribution in [0, 0.1) is 0 Å². The summed E-state index contributed by atoms with van der Waals surface area (Å²) in [4.78, 5) is 26.4. The number of fused-ring (bicyclic) bond motifs is 1. The highest BCUT2D eigenvalue weighted by atomic mass is 35.5. The summed E-state index contributed by atoms with van der Waals surface area (Å²) in [5, 5.41) is 4.19. The summed E-state index contributed by atoms with van der Waals surface area (Å²) < 4.78 is 10.5. The first-order chi connectivity index (χ1) is 12.5. The molecule has 0 spiro atoms. The fourth-order valence-electron chi connectivity index (χ4n) is 2.44. The van der Waals surface area contributed by atoms with E-state index in [2.05, 4.69) is 10.3 Å². The molecule has 0 saturated carbocycles. The number of carbonyl (C=O) groups is 2. The fourth-order valence-corrected chi connectivity index (χ4v) is 2.62. The smallest absolute Gasteiger partial charge is 0.272 e. The Bertz CT molecular complexity index is 984. The Morgan fingerprint density at radius 2 is 1.96 bits per heavy atom. The molecule has 0 aliphatic rings. The highest BCUT2D eigenvalue weighted by Gasteiger charge is 2.13. The minimum atomic E-state index is -0.613. The van der Waals surface area contributed by atoms with Gasteiger partial charge in [0.15, 0.2) is 18.1 Å². The van der Waals surface area contributed by atoms with Gasteiger partial charge in [-0.1, -0.05) is 11.6 Å². The molecule has 8 heteroatoms. The minimum Gasteiger partial charge on any atom is -0.493 e. The summed E-state index contributed by atoms with van der Waals surface area (Å²) in [5.41, 5.74) is 6.76. The van der Waals surface area contributed by atoms with Gasteiger partial charge in [0, 0.05) is 27.7 Å². The van der Waals surface area contributed by atoms with Crippen molar-refractivity contribution in [3.8, 4) is 11.5 Å². The number of amides is 2. The number of anilines is 1. The van der Waals surface area contributed by atoms with E-state index in [1.807, 2.05) is 0 Å². The quantitative estimate of drug-likeness (QED) is 0.617. The van der Waals surface area contributed by atoms with Gasteiger partial charge in [-0.15, -0.1) is 0 Å². The van der Waals surface area contributed by atoms with Crippen LogP contribution in [0.5, 0.6) is 11.5 Å². The van der Waals surface area contributed by atoms with Crippen molar-refractivity contribution in [3.63, 3.8) is 0 Å². The van der Waals surface area contributed by atoms with E-state index in [1.165, 1.54) is 7.11 Å². The van der Waals surface area contributed by atoms with Crippen LogP contribution in [-0.4, -0.2) is 30.5 Å². The number of hydrogen-bond donors (Lipinski definition) is 3. The van der Waals surface area contributed by atoms with Crippen molar-refractivity contribution in [2.24, 2.45) is 5.73 Å². The number of primary amides is 1. The maximum atomic E-state index is 12.5. The van der Waals surface area contributed by atoms with Gasteiger partial charge >= 0.3 is 0 Å². The molecule has 7 nitrogen and oxygen atoms in total. The monoisotopic (exact) mass is 373 g/mol. The summed E-state index contributed by atoms with van der Waals surface area (Å²) in [6.07, 6.45) is 0. The SMILES string of the molecule is COc1ccc(NC(=O)c2cc3cc(Cl)ccc3[nH]2)cc1OCC(N)=O. The summed E-state index contributed by atoms with van der Waals surface area (Å²) >= 11 is 5.96. The first-order valence-corrected chi connectivity index (χ1v) is 8.03. The van der Waals surface area contributed by atoms with Crippen molar-refractivity contribution < 1.29 is 19.1 Å². The van der Waals surface area contributed by atoms with Crippen LogP contribution in [0.1, 0.15) is 10.5 Å². The van der Waals surface area contributed by atoms with E-state index in [4.69, 9.17) is 26.8 Å². The molecule has 0 unspecified atom stereocenters. The summed E-state index contributed by atoms with van der Waals surface area (Å²) in [6, 6.07) is 11.9. The second-order valence-corrected chi connectivity index (χ2v) is 5.93. The van der Waals surface area contributed by atoms with E-state index in [1.54, 1.807) is 42.5 Å². The van der Waals surface area contributed by atoms with Crippen molar-refractivity contribution in [3.05, 3.63) is 53.2 Å². The van der Waals surface area contributed by atoms with Crippen LogP contribution in [-0.2, 0) is 4.79 Å². The molecule has 0 fully saturated rings. The van der Waals surface area contributed by atoms with E-state index in [0.717, 1.165) is 10.9 Å². The molecular weight excluding hydrogens is 358 g/mol. The topological polar surface area (TPSA) is 106 Å². The van der Waals surface area contributed by atoms with Crippen molar-refractivity contribution in [1.29, 1.82) is 0 Å². The zero-order valence-electron chi connectivity index (χ0n) is 13.8. The Morgan fingerprint density at radius 1 is 1.15 bits per heavy atom. The molecule has 0 radical (unpaired) electrons. The Balaban J connectivity index is 1.81. The maximum absolute atomic E-state index is 12.5. The molecule has 0 aliphatic carbocycles. The third-order valence-corrected chi connectivity index (χ3v) is 3.85. The predicted molar refractivity (Wildman–Crippen MR) is 98.9 cm³/mol. The van der Waals surface area contributed by atoms with E-state index >= 15 is 0 Å². The van der Waals surface area contributed by atoms with Gasteiger partial charge in [0.05, 0.1) is 7.11 Å². The van der Waals surface area contributed by atoms with Crippen LogP contribution < -0.4 is 20.5 Å². The summed E-state index contributed by atoms with van der Waals surface area (Å²) in [6.45, 7) is -0.295. The number of nitrogens with two attached hydrogens (primary N) is 1. The number of methoxy groups -OCH3 is 1. The third kappa shape index (κ3) is 3.89. The number of H-pyrrole nitrogens is 1. The van der Waals surface area contributed by atoms with Gasteiger partial charge in [-0.3, -0.25) is 9.59 Å². The number of halogens is 1. The lowest BCUT2D eigenvalue weighted by Gasteiger charge is -2.11. The predicted octanol–water partition coefficient (Wildman–Crippen LogP) is 2.95. The highest BCUT2D eigenvalue weighted by Crippen LogP contribution is 2.30. The van der Waals surface area contributed by atoms with Crippen LogP contribution in [0.4, 0.5) is 5.69 Å². The number of aromatic nitrogens is 1. The molecule has 0 bridgehead atoms. The molecule has 3 rings (SSSR count). The molecule has 3 aromatic rings. The fraction of sp³-hybridized carbons (Fsp3) is 0.111. The second kappa shape index (κ2) is 7.37. The van der Waals surface area contributed by atoms with E-state index in [-0.39, 0.29) is 12.5 Å². The number of hydrogen-bond acceptors (Lipinski definition) is 4. The molecule has 2 aromatic carbocycles. The van der Waals surface area contributed by atoms with Crippen LogP contribution >= 0.6 is 11.6 Å². The molecule has 2 amide bonds. The van der Waals surface area contributed by atoms with Gasteiger partial charge < -0.3 is 25.5 Å². The largest absolute Gasteiger partial charge is 0.493 e. The standard InChI is InChI=1S/C18H16ClN3O4/c1-25-15-5-3-12(8-16(15)26-9-17(20)23)21-18(24)14-7-10-6-11(19)2-4-13(10)22-14/h2-8,22H,9H2,1H3,(H2,20,23)(H,21,24). The van der Waals surface area contributed by atoms with Crippen LogP contribution in [0.15, 0.2) is 42.5 Å². The number of rotatable bonds is 6. The minimum absolute atomic E-state index is 0.295. The number of aromatic amines is 1. The first kappa shape index (κ1) is 17.6. The van der Waals surface area contributed by atoms with Crippen molar-refractivity contribution in [2.45, 2.75) is 0 Å². The molecule has 4 N–H and O–H groups in total. The first-order valence-electron chi connectivity index (χ1n) is 7.65. The van der Waals surface area contributed by atoms with Gasteiger partial charge in [0.2, 0.25) is 0 Å². The number of benzene rings is 2. The summed E-state index contributed by atoms with van der Waals surface area (Å²) in [5.74, 6) is -0.224. The molecule has 1 heterocycles. The number of nitrogens with one attached hydrogen (secondary N) is 2. The maximum Gasteiger partial charge on any atom is 0.272 e. The van der Waals surface area contributed by atoms with E-state index in [9.17, 15) is 9.59 Å². The molecule has 134 valence electrons. The Morgan fingerprint density at radius 3 is 2.69 bits per heavy atom. The lowest BCUT2D eigenvalue weighted by atomic mass is 10.2. The van der Waals surface area contributed by atoms with E-state index in [0.29, 0.717) is 27.9 Å². The molecule has 0 atom stereocenters. The molecule has 0 aliphatic heterocycles. The lowest BCUT2D eigenvalue weighted by molar-refractivity contribution is -0.119. The molecule has 1 aromatic heterocycles. The number of carbonyl (C=O) groups excluding carboxylic acids is 2. The molecule has 26 heavy (non-hydrogen) atoms. The van der Waals surface area contributed by atoms with Crippen molar-refractivity contribution in [2.75, 3.05) is 19.0 Å². The zero-order chi connectivity index (χ0) is 18.7. The Labute approximate surface area is 154 Å². The van der Waals surface area contributed by atoms with Crippen molar-refractivity contribution in [1.82, 2.24) is 4.98 Å². The van der Waals surface area contributed by atoms with Crippen LogP contribution in [0.3, 0.4) is 0 Å². The third-order valence-electron chi connectivity index (χ3n) is 3.62. The second-order valence-electron chi connectivity index (χ2n) is 5.49. The van der Waals surface area contributed by atoms with Gasteiger partial charge in [0.1, 0.15) is 5.69 Å². The lowest BCUT2D eigenvalue weighted by Crippen LogP contribution is -2.20. The van der Waals surface area contributed by atoms with Crippen molar-refractivity contribution >= 4 is 40.0 Å². The zero-order valence-corrected chi connectivity index (χ0v) is 14.6. The van der Waals surface area contributed by atoms with Crippen LogP contribution in [0.2, 0.25) is 5.02 Å². The Kier molecular flexibility index (Phi) is 4.99. The van der Waals surface area contributed by atoms with Crippen LogP contribution in [0.25, 0.3) is 10.9 Å². The average Bonchev–Trinajstić information content (AvgIpc) is 3.03. The van der Waals surface area contributed by atoms with Gasteiger partial charge in [-0.25, -0.2) is 0 Å². The van der Waals surface area contributed by atoms with Gasteiger partial charge in [0.25, 0.3) is 11.8 Å². The number of ether oxygens (including phenoxy) is 2. The summed E-state index contributed by atoms with van der Waals surface area (Å²) in [7, 11) is 1.47. The normalized spacial score (nSPS) is 10.5. The van der Waals surface area contributed by atoms with Gasteiger partial charge in [-0.05, 0) is 36.4 Å². The molecular formula is C18H16ClN3O4. The average molecular weight is 374 g/mol. The highest BCUT2D eigenvalue weighted by molar-refractivity contribution is 6.31.